The molecule has 0 aliphatic carbocycles. The van der Waals surface area contributed by atoms with Crippen molar-refractivity contribution in [3.8, 4) is 0 Å². The molecule has 0 saturated heterocycles. The SMILES string of the molecule is CCn1nc(C)c(Cl)c1C[B-](F)(F)F.[K+]. The van der Waals surface area contributed by atoms with Crippen molar-refractivity contribution in [2.45, 2.75) is 26.7 Å². The third-order valence-corrected chi connectivity index (χ3v) is 2.37. The zero-order chi connectivity index (χ0) is 10.9. The van der Waals surface area contributed by atoms with Crippen molar-refractivity contribution in [2.75, 3.05) is 0 Å². The molecule has 1 rings (SSSR count). The second kappa shape index (κ2) is 6.07. The van der Waals surface area contributed by atoms with Crippen molar-refractivity contribution in [1.82, 2.24) is 9.78 Å². The molecule has 0 aliphatic heterocycles. The zero-order valence-electron chi connectivity index (χ0n) is 8.90. The monoisotopic (exact) mass is 264 g/mol. The molecule has 0 amide bonds. The average molecular weight is 265 g/mol. The summed E-state index contributed by atoms with van der Waals surface area (Å²) >= 11 is 5.73. The summed E-state index contributed by atoms with van der Waals surface area (Å²) in [4.78, 5) is 0. The molecule has 0 aliphatic rings. The quantitative estimate of drug-likeness (QED) is 0.692. The van der Waals surface area contributed by atoms with Gasteiger partial charge in [0.05, 0.1) is 10.7 Å². The van der Waals surface area contributed by atoms with Gasteiger partial charge < -0.3 is 12.9 Å². The van der Waals surface area contributed by atoms with Gasteiger partial charge in [0.15, 0.2) is 0 Å². The summed E-state index contributed by atoms with van der Waals surface area (Å²) in [6.07, 6.45) is -0.965. The Balaban J connectivity index is 0.00000196. The number of nitrogens with zero attached hydrogens (tertiary/aromatic N) is 2. The normalized spacial score (nSPS) is 11.3. The molecule has 1 aromatic heterocycles. The summed E-state index contributed by atoms with van der Waals surface area (Å²) in [5, 5.41) is 4.04. The van der Waals surface area contributed by atoms with Crippen LogP contribution in [0.5, 0.6) is 0 Å². The van der Waals surface area contributed by atoms with Crippen molar-refractivity contribution >= 4 is 18.6 Å². The van der Waals surface area contributed by atoms with Gasteiger partial charge in [0.25, 0.3) is 0 Å². The van der Waals surface area contributed by atoms with Gasteiger partial charge in [-0.2, -0.15) is 5.10 Å². The summed E-state index contributed by atoms with van der Waals surface area (Å²) < 4.78 is 37.9. The third kappa shape index (κ3) is 4.40. The second-order valence-corrected chi connectivity index (χ2v) is 3.45. The first-order valence-electron chi connectivity index (χ1n) is 4.28. The van der Waals surface area contributed by atoms with E-state index in [-0.39, 0.29) is 62.1 Å². The molecule has 0 N–H and O–H groups in total. The molecule has 0 radical (unpaired) electrons. The van der Waals surface area contributed by atoms with E-state index >= 15 is 0 Å². The molecule has 8 heteroatoms. The van der Waals surface area contributed by atoms with E-state index in [1.165, 1.54) is 4.68 Å². The predicted molar refractivity (Wildman–Crippen MR) is 50.4 cm³/mol. The molecule has 0 saturated carbocycles. The van der Waals surface area contributed by atoms with E-state index < -0.39 is 13.3 Å². The van der Waals surface area contributed by atoms with Crippen molar-refractivity contribution in [2.24, 2.45) is 0 Å². The maximum atomic E-state index is 12.2. The first-order chi connectivity index (χ1) is 6.35. The number of aromatic nitrogens is 2. The van der Waals surface area contributed by atoms with Gasteiger partial charge in [-0.05, 0) is 20.2 Å². The Morgan fingerprint density at radius 2 is 1.93 bits per heavy atom. The third-order valence-electron chi connectivity index (χ3n) is 1.88. The van der Waals surface area contributed by atoms with Gasteiger partial charge in [-0.15, -0.1) is 0 Å². The van der Waals surface area contributed by atoms with Gasteiger partial charge >= 0.3 is 58.4 Å². The van der Waals surface area contributed by atoms with Gasteiger partial charge in [0.2, 0.25) is 0 Å². The Kier molecular flexibility index (Phi) is 6.47. The summed E-state index contributed by atoms with van der Waals surface area (Å²) in [6, 6.07) is 0. The predicted octanol–water partition coefficient (Wildman–Crippen LogP) is -0.202. The van der Waals surface area contributed by atoms with Crippen LogP contribution >= 0.6 is 11.6 Å². The van der Waals surface area contributed by atoms with Crippen molar-refractivity contribution in [3.05, 3.63) is 16.4 Å². The fourth-order valence-corrected chi connectivity index (χ4v) is 1.50. The van der Waals surface area contributed by atoms with E-state index in [0.717, 1.165) is 0 Å². The topological polar surface area (TPSA) is 17.8 Å². The van der Waals surface area contributed by atoms with E-state index in [9.17, 15) is 12.9 Å². The van der Waals surface area contributed by atoms with E-state index in [4.69, 9.17) is 11.6 Å². The van der Waals surface area contributed by atoms with Gasteiger partial charge in [0, 0.05) is 12.2 Å². The van der Waals surface area contributed by atoms with Gasteiger partial charge in [-0.25, -0.2) is 0 Å². The van der Waals surface area contributed by atoms with Crippen LogP contribution in [0.4, 0.5) is 12.9 Å². The molecule has 1 aromatic rings. The van der Waals surface area contributed by atoms with Crippen LogP contribution in [0.15, 0.2) is 0 Å². The van der Waals surface area contributed by atoms with Crippen LogP contribution in [0.25, 0.3) is 0 Å². The molecule has 1 heterocycles. The molecule has 2 nitrogen and oxygen atoms in total. The summed E-state index contributed by atoms with van der Waals surface area (Å²) in [5.74, 6) is 0. The van der Waals surface area contributed by atoms with Crippen LogP contribution in [-0.4, -0.2) is 16.8 Å². The Morgan fingerprint density at radius 3 is 2.33 bits per heavy atom. The van der Waals surface area contributed by atoms with Crippen molar-refractivity contribution in [3.63, 3.8) is 0 Å². The first-order valence-corrected chi connectivity index (χ1v) is 4.65. The standard InChI is InChI=1S/C7H10BClF3N2.K/c1-3-14-6(4-8(10,11)12)7(9)5(2)13-14;/h3-4H2,1-2H3;/q-1;+1. The van der Waals surface area contributed by atoms with Crippen LogP contribution in [0.2, 0.25) is 5.02 Å². The number of halogens is 4. The Labute approximate surface area is 134 Å². The summed E-state index contributed by atoms with van der Waals surface area (Å²) in [6.45, 7) is -1.13. The second-order valence-electron chi connectivity index (χ2n) is 3.08. The molecular formula is C7H10BClF3KN2. The van der Waals surface area contributed by atoms with Crippen LogP contribution < -0.4 is 51.4 Å². The van der Waals surface area contributed by atoms with Gasteiger partial charge in [-0.3, -0.25) is 4.68 Å². The smallest absolute Gasteiger partial charge is 0.449 e. The fraction of sp³-hybridized carbons (Fsp3) is 0.571. The molecule has 0 aromatic carbocycles. The minimum atomic E-state index is -4.86. The largest absolute Gasteiger partial charge is 1.00 e. The molecular weight excluding hydrogens is 254 g/mol. The number of hydrogen-bond donors (Lipinski definition) is 0. The Hall–Kier alpha value is 0.991. The van der Waals surface area contributed by atoms with E-state index in [1.54, 1.807) is 13.8 Å². The molecule has 0 atom stereocenters. The number of rotatable bonds is 3. The molecule has 0 unspecified atom stereocenters. The number of hydrogen-bond acceptors (Lipinski definition) is 1. The van der Waals surface area contributed by atoms with Crippen LogP contribution in [0, 0.1) is 6.92 Å². The minimum absolute atomic E-state index is 0. The zero-order valence-corrected chi connectivity index (χ0v) is 12.8. The molecule has 0 spiro atoms. The van der Waals surface area contributed by atoms with E-state index in [0.29, 0.717) is 12.2 Å². The molecule has 80 valence electrons. The molecule has 0 bridgehead atoms. The van der Waals surface area contributed by atoms with Crippen LogP contribution in [0.1, 0.15) is 18.3 Å². The number of aryl methyl sites for hydroxylation is 2. The average Bonchev–Trinajstić information content (AvgIpc) is 2.30. The van der Waals surface area contributed by atoms with Crippen molar-refractivity contribution < 1.29 is 64.3 Å². The molecule has 15 heavy (non-hydrogen) atoms. The summed E-state index contributed by atoms with van der Waals surface area (Å²) in [5.41, 5.74) is 0.516. The Morgan fingerprint density at radius 1 is 1.40 bits per heavy atom. The molecule has 0 fully saturated rings. The van der Waals surface area contributed by atoms with E-state index in [2.05, 4.69) is 5.10 Å². The van der Waals surface area contributed by atoms with Gasteiger partial charge in [0.1, 0.15) is 0 Å². The minimum Gasteiger partial charge on any atom is -0.449 e. The maximum absolute atomic E-state index is 12.2. The van der Waals surface area contributed by atoms with Crippen LogP contribution in [-0.2, 0) is 12.9 Å². The van der Waals surface area contributed by atoms with Crippen molar-refractivity contribution in [1.29, 1.82) is 0 Å². The van der Waals surface area contributed by atoms with E-state index in [1.807, 2.05) is 0 Å². The maximum Gasteiger partial charge on any atom is 1.00 e. The van der Waals surface area contributed by atoms with Gasteiger partial charge in [-0.1, -0.05) is 11.6 Å². The first kappa shape index (κ1) is 16.0. The summed E-state index contributed by atoms with van der Waals surface area (Å²) in [7, 11) is 0. The van der Waals surface area contributed by atoms with Crippen LogP contribution in [0.3, 0.4) is 0 Å². The Bertz CT molecular complexity index is 340. The fourth-order valence-electron chi connectivity index (χ4n) is 1.28.